The van der Waals surface area contributed by atoms with Crippen LogP contribution in [0.25, 0.3) is 11.0 Å². The zero-order chi connectivity index (χ0) is 23.8. The van der Waals surface area contributed by atoms with Crippen LogP contribution in [0.4, 0.5) is 36.2 Å². The number of carbonyl (C=O) groups excluding carboxylic acids is 1. The third-order valence-corrected chi connectivity index (χ3v) is 4.91. The molecule has 0 saturated heterocycles. The van der Waals surface area contributed by atoms with Crippen LogP contribution < -0.4 is 16.4 Å². The molecular formula is C20H12Cl2F3N7O. The highest BCUT2D eigenvalue weighted by molar-refractivity contribution is 6.33. The maximum absolute atomic E-state index is 12.9. The number of fused-ring (bicyclic) bond motifs is 1. The molecule has 0 saturated carbocycles. The number of aromatic nitrogens is 4. The van der Waals surface area contributed by atoms with Crippen molar-refractivity contribution < 1.29 is 18.0 Å². The zero-order valence-electron chi connectivity index (χ0n) is 16.3. The van der Waals surface area contributed by atoms with Crippen LogP contribution in [0.5, 0.6) is 0 Å². The molecule has 0 radical (unpaired) electrons. The molecule has 1 amide bonds. The Hall–Kier alpha value is -3.70. The molecule has 0 unspecified atom stereocenters. The first-order valence-electron chi connectivity index (χ1n) is 9.11. The summed E-state index contributed by atoms with van der Waals surface area (Å²) < 4.78 is 38.8. The number of nitrogen functional groups attached to an aromatic ring is 1. The lowest BCUT2D eigenvalue weighted by Gasteiger charge is -2.13. The number of nitrogens with two attached hydrogens (primary N) is 1. The van der Waals surface area contributed by atoms with Crippen molar-refractivity contribution in [2.75, 3.05) is 16.4 Å². The van der Waals surface area contributed by atoms with Gasteiger partial charge in [-0.1, -0.05) is 17.7 Å². The third kappa shape index (κ3) is 4.89. The predicted octanol–water partition coefficient (Wildman–Crippen LogP) is 5.32. The van der Waals surface area contributed by atoms with E-state index in [0.29, 0.717) is 0 Å². The van der Waals surface area contributed by atoms with E-state index in [-0.39, 0.29) is 49.9 Å². The number of carbonyl (C=O) groups is 1. The number of anilines is 4. The van der Waals surface area contributed by atoms with Crippen LogP contribution >= 0.6 is 23.2 Å². The number of nitrogens with zero attached hydrogens (tertiary/aromatic N) is 4. The highest BCUT2D eigenvalue weighted by atomic mass is 35.5. The molecule has 0 aliphatic carbocycles. The molecule has 0 fully saturated rings. The molecule has 0 atom stereocenters. The molecule has 13 heteroatoms. The minimum absolute atomic E-state index is 0.0112. The Balaban J connectivity index is 1.63. The minimum Gasteiger partial charge on any atom is -0.382 e. The third-order valence-electron chi connectivity index (χ3n) is 4.41. The lowest BCUT2D eigenvalue weighted by molar-refractivity contribution is -0.137. The van der Waals surface area contributed by atoms with Crippen molar-refractivity contribution in [3.63, 3.8) is 0 Å². The van der Waals surface area contributed by atoms with Crippen LogP contribution in [0.1, 0.15) is 15.9 Å². The van der Waals surface area contributed by atoms with Gasteiger partial charge in [0.15, 0.2) is 11.6 Å². The van der Waals surface area contributed by atoms with E-state index in [1.54, 1.807) is 0 Å². The molecule has 0 aliphatic rings. The van der Waals surface area contributed by atoms with Crippen molar-refractivity contribution in [2.45, 2.75) is 6.18 Å². The van der Waals surface area contributed by atoms with Gasteiger partial charge in [-0.05, 0) is 48.0 Å². The Labute approximate surface area is 194 Å². The monoisotopic (exact) mass is 493 g/mol. The van der Waals surface area contributed by atoms with Crippen LogP contribution in [-0.2, 0) is 6.18 Å². The second-order valence-electron chi connectivity index (χ2n) is 6.65. The van der Waals surface area contributed by atoms with E-state index in [1.807, 2.05) is 0 Å². The van der Waals surface area contributed by atoms with Crippen LogP contribution in [0.3, 0.4) is 0 Å². The smallest absolute Gasteiger partial charge is 0.382 e. The minimum atomic E-state index is -4.53. The van der Waals surface area contributed by atoms with Gasteiger partial charge in [0.05, 0.1) is 16.3 Å². The SMILES string of the molecule is Nc1nc(Cl)nc2c(Nc3cc(C(=O)Nc4cccc(C(F)(F)F)c4)ccc3Cl)ncnc12. The fraction of sp³-hybridized carbons (Fsp3) is 0.0500. The Morgan fingerprint density at radius 2 is 1.79 bits per heavy atom. The quantitative estimate of drug-likeness (QED) is 0.329. The topological polar surface area (TPSA) is 119 Å². The van der Waals surface area contributed by atoms with Crippen LogP contribution in [-0.4, -0.2) is 25.8 Å². The summed E-state index contributed by atoms with van der Waals surface area (Å²) >= 11 is 12.1. The van der Waals surface area contributed by atoms with Crippen molar-refractivity contribution in [1.29, 1.82) is 0 Å². The largest absolute Gasteiger partial charge is 0.416 e. The summed E-state index contributed by atoms with van der Waals surface area (Å²) in [6, 6.07) is 8.58. The summed E-state index contributed by atoms with van der Waals surface area (Å²) in [7, 11) is 0. The van der Waals surface area contributed by atoms with Crippen LogP contribution in [0.2, 0.25) is 10.3 Å². The standard InChI is InChI=1S/C20H12Cl2F3N7O/c21-12-5-4-9(18(33)29-11-3-1-2-10(7-11)20(23,24)25)6-13(12)30-17-15-14(27-8-28-17)16(26)32-19(22)31-15/h1-8H,(H,29,33)(H2,26,31,32)(H,27,28,30). The summed E-state index contributed by atoms with van der Waals surface area (Å²) in [5.41, 5.74) is 5.82. The molecule has 33 heavy (non-hydrogen) atoms. The van der Waals surface area contributed by atoms with Crippen molar-refractivity contribution in [3.8, 4) is 0 Å². The number of hydrogen-bond acceptors (Lipinski definition) is 7. The van der Waals surface area contributed by atoms with E-state index in [0.717, 1.165) is 12.1 Å². The summed E-state index contributed by atoms with van der Waals surface area (Å²) in [6.07, 6.45) is -3.30. The van der Waals surface area contributed by atoms with Gasteiger partial charge in [-0.25, -0.2) is 15.0 Å². The molecule has 8 nitrogen and oxygen atoms in total. The average molecular weight is 494 g/mol. The van der Waals surface area contributed by atoms with Gasteiger partial charge >= 0.3 is 6.18 Å². The van der Waals surface area contributed by atoms with E-state index < -0.39 is 17.6 Å². The number of nitrogens with one attached hydrogen (secondary N) is 2. The molecule has 0 aliphatic heterocycles. The molecule has 4 rings (SSSR count). The number of rotatable bonds is 4. The fourth-order valence-corrected chi connectivity index (χ4v) is 3.24. The zero-order valence-corrected chi connectivity index (χ0v) is 17.8. The molecule has 4 aromatic rings. The Kier molecular flexibility index (Phi) is 5.91. The Morgan fingerprint density at radius 1 is 1.00 bits per heavy atom. The highest BCUT2D eigenvalue weighted by Gasteiger charge is 2.30. The summed E-state index contributed by atoms with van der Waals surface area (Å²) in [6.45, 7) is 0. The van der Waals surface area contributed by atoms with Gasteiger partial charge in [0.2, 0.25) is 5.28 Å². The lowest BCUT2D eigenvalue weighted by Crippen LogP contribution is -2.13. The lowest BCUT2D eigenvalue weighted by atomic mass is 10.1. The first kappa shape index (κ1) is 22.5. The van der Waals surface area contributed by atoms with E-state index >= 15 is 0 Å². The molecule has 2 heterocycles. The average Bonchev–Trinajstić information content (AvgIpc) is 2.75. The second-order valence-corrected chi connectivity index (χ2v) is 7.39. The van der Waals surface area contributed by atoms with E-state index in [1.165, 1.54) is 36.7 Å². The van der Waals surface area contributed by atoms with Crippen molar-refractivity contribution in [1.82, 2.24) is 19.9 Å². The number of halogens is 5. The molecule has 0 bridgehead atoms. The molecule has 2 aromatic heterocycles. The summed E-state index contributed by atoms with van der Waals surface area (Å²) in [4.78, 5) is 28.7. The van der Waals surface area contributed by atoms with Gasteiger partial charge in [0.1, 0.15) is 17.4 Å². The number of hydrogen-bond donors (Lipinski definition) is 3. The van der Waals surface area contributed by atoms with E-state index in [2.05, 4.69) is 30.6 Å². The number of benzene rings is 2. The molecule has 0 spiro atoms. The van der Waals surface area contributed by atoms with Gasteiger partial charge in [-0.3, -0.25) is 4.79 Å². The second kappa shape index (κ2) is 8.68. The fourth-order valence-electron chi connectivity index (χ4n) is 2.90. The molecule has 4 N–H and O–H groups in total. The van der Waals surface area contributed by atoms with Gasteiger partial charge in [0.25, 0.3) is 5.91 Å². The first-order chi connectivity index (χ1) is 15.6. The maximum Gasteiger partial charge on any atom is 0.416 e. The summed E-state index contributed by atoms with van der Waals surface area (Å²) in [5, 5.41) is 5.51. The van der Waals surface area contributed by atoms with Crippen LogP contribution in [0, 0.1) is 0 Å². The van der Waals surface area contributed by atoms with E-state index in [4.69, 9.17) is 28.9 Å². The normalized spacial score (nSPS) is 11.4. The Morgan fingerprint density at radius 3 is 2.55 bits per heavy atom. The van der Waals surface area contributed by atoms with Crippen molar-refractivity contribution in [3.05, 3.63) is 70.2 Å². The van der Waals surface area contributed by atoms with Crippen molar-refractivity contribution >= 4 is 63.2 Å². The first-order valence-corrected chi connectivity index (χ1v) is 9.86. The van der Waals surface area contributed by atoms with Crippen LogP contribution in [0.15, 0.2) is 48.8 Å². The number of alkyl halides is 3. The molecule has 2 aromatic carbocycles. The van der Waals surface area contributed by atoms with Gasteiger partial charge in [-0.15, -0.1) is 0 Å². The molecule has 168 valence electrons. The van der Waals surface area contributed by atoms with E-state index in [9.17, 15) is 18.0 Å². The molecular weight excluding hydrogens is 482 g/mol. The highest BCUT2D eigenvalue weighted by Crippen LogP contribution is 2.32. The van der Waals surface area contributed by atoms with Gasteiger partial charge < -0.3 is 16.4 Å². The van der Waals surface area contributed by atoms with Gasteiger partial charge in [-0.2, -0.15) is 18.2 Å². The maximum atomic E-state index is 12.9. The summed E-state index contributed by atoms with van der Waals surface area (Å²) in [5.74, 6) is -0.389. The van der Waals surface area contributed by atoms with Crippen molar-refractivity contribution in [2.24, 2.45) is 0 Å². The number of amides is 1. The Bertz CT molecular complexity index is 1380. The predicted molar refractivity (Wildman–Crippen MR) is 119 cm³/mol. The van der Waals surface area contributed by atoms with Gasteiger partial charge in [0, 0.05) is 11.3 Å².